The highest BCUT2D eigenvalue weighted by Crippen LogP contribution is 2.29. The van der Waals surface area contributed by atoms with Crippen LogP contribution in [-0.2, 0) is 11.8 Å². The van der Waals surface area contributed by atoms with Crippen LogP contribution in [0.3, 0.4) is 0 Å². The Morgan fingerprint density at radius 3 is 2.53 bits per heavy atom. The lowest BCUT2D eigenvalue weighted by atomic mass is 10.0. The summed E-state index contributed by atoms with van der Waals surface area (Å²) in [6.45, 7) is 4.04. The first-order valence-corrected chi connectivity index (χ1v) is 12.0. The lowest BCUT2D eigenvalue weighted by Crippen LogP contribution is -2.44. The van der Waals surface area contributed by atoms with E-state index in [0.29, 0.717) is 17.1 Å². The molecule has 4 aromatic rings. The number of carbonyl (C=O) groups is 2. The summed E-state index contributed by atoms with van der Waals surface area (Å²) in [7, 11) is 1.85. The minimum absolute atomic E-state index is 0.231. The van der Waals surface area contributed by atoms with E-state index in [1.807, 2.05) is 56.6 Å². The van der Waals surface area contributed by atoms with Crippen LogP contribution in [0.1, 0.15) is 30.6 Å². The van der Waals surface area contributed by atoms with Crippen LogP contribution in [0.2, 0.25) is 0 Å². The van der Waals surface area contributed by atoms with Crippen molar-refractivity contribution >= 4 is 28.3 Å². The van der Waals surface area contributed by atoms with Gasteiger partial charge in [0.15, 0.2) is 5.13 Å². The number of rotatable bonds is 8. The van der Waals surface area contributed by atoms with Gasteiger partial charge in [0.2, 0.25) is 5.91 Å². The first kappa shape index (κ1) is 23.4. The third-order valence-corrected chi connectivity index (χ3v) is 6.09. The molecule has 0 saturated heterocycles. The van der Waals surface area contributed by atoms with Crippen molar-refractivity contribution in [1.29, 1.82) is 0 Å². The molecule has 4 rings (SSSR count). The molecule has 1 aromatic carbocycles. The molecule has 1 unspecified atom stereocenters. The van der Waals surface area contributed by atoms with Crippen molar-refractivity contribution in [2.45, 2.75) is 26.3 Å². The molecule has 0 radical (unpaired) electrons. The second-order valence-electron chi connectivity index (χ2n) is 8.57. The van der Waals surface area contributed by atoms with Crippen molar-refractivity contribution in [3.05, 3.63) is 78.2 Å². The maximum atomic E-state index is 13.0. The van der Waals surface area contributed by atoms with Gasteiger partial charge in [-0.1, -0.05) is 32.0 Å². The molecule has 0 aliphatic heterocycles. The van der Waals surface area contributed by atoms with Gasteiger partial charge < -0.3 is 15.2 Å². The number of hydrogen-bond donors (Lipinski definition) is 2. The molecular formula is C26H27N5O2S. The number of aromatic nitrogens is 3. The summed E-state index contributed by atoms with van der Waals surface area (Å²) in [5, 5.41) is 8.17. The number of benzene rings is 1. The zero-order chi connectivity index (χ0) is 24.1. The SMILES string of the molecule is CC(C)CC(NC(=O)c1ccn(C)c1)C(=O)Nc1nc(-c2cccc(-c3ccncc3)c2)cs1. The van der Waals surface area contributed by atoms with Gasteiger partial charge in [-0.15, -0.1) is 11.3 Å². The first-order valence-electron chi connectivity index (χ1n) is 11.1. The Balaban J connectivity index is 1.47. The Kier molecular flexibility index (Phi) is 7.18. The molecule has 8 heteroatoms. The fourth-order valence-electron chi connectivity index (χ4n) is 3.64. The number of nitrogens with zero attached hydrogens (tertiary/aromatic N) is 3. The molecule has 174 valence electrons. The summed E-state index contributed by atoms with van der Waals surface area (Å²) in [5.41, 5.74) is 4.41. The van der Waals surface area contributed by atoms with Gasteiger partial charge in [-0.3, -0.25) is 14.6 Å². The van der Waals surface area contributed by atoms with E-state index < -0.39 is 6.04 Å². The number of pyridine rings is 1. The van der Waals surface area contributed by atoms with E-state index in [-0.39, 0.29) is 17.7 Å². The normalized spacial score (nSPS) is 11.9. The molecule has 0 fully saturated rings. The number of aryl methyl sites for hydroxylation is 1. The zero-order valence-electron chi connectivity index (χ0n) is 19.4. The molecule has 0 aliphatic rings. The average molecular weight is 474 g/mol. The summed E-state index contributed by atoms with van der Waals surface area (Å²) in [5.74, 6) is -0.312. The Hall–Kier alpha value is -3.78. The van der Waals surface area contributed by atoms with Crippen molar-refractivity contribution in [2.24, 2.45) is 13.0 Å². The molecule has 3 aromatic heterocycles. The Bertz CT molecular complexity index is 1280. The van der Waals surface area contributed by atoms with Crippen LogP contribution in [0.4, 0.5) is 5.13 Å². The highest BCUT2D eigenvalue weighted by atomic mass is 32.1. The van der Waals surface area contributed by atoms with Gasteiger partial charge in [-0.25, -0.2) is 4.98 Å². The van der Waals surface area contributed by atoms with Gasteiger partial charge in [-0.2, -0.15) is 0 Å². The lowest BCUT2D eigenvalue weighted by molar-refractivity contribution is -0.118. The minimum atomic E-state index is -0.657. The Morgan fingerprint density at radius 2 is 1.82 bits per heavy atom. The summed E-state index contributed by atoms with van der Waals surface area (Å²) in [6.07, 6.45) is 7.59. The van der Waals surface area contributed by atoms with Gasteiger partial charge in [0, 0.05) is 42.8 Å². The van der Waals surface area contributed by atoms with Gasteiger partial charge in [0.05, 0.1) is 11.3 Å². The van der Waals surface area contributed by atoms with Crippen LogP contribution < -0.4 is 10.6 Å². The number of amides is 2. The number of thiazole rings is 1. The fourth-order valence-corrected chi connectivity index (χ4v) is 4.36. The van der Waals surface area contributed by atoms with E-state index in [4.69, 9.17) is 0 Å². The number of anilines is 1. The van der Waals surface area contributed by atoms with E-state index in [9.17, 15) is 9.59 Å². The van der Waals surface area contributed by atoms with Crippen molar-refractivity contribution in [2.75, 3.05) is 5.32 Å². The third kappa shape index (κ3) is 5.77. The van der Waals surface area contributed by atoms with E-state index in [2.05, 4.69) is 26.7 Å². The van der Waals surface area contributed by atoms with Gasteiger partial charge in [0.25, 0.3) is 5.91 Å². The zero-order valence-corrected chi connectivity index (χ0v) is 20.2. The molecule has 2 N–H and O–H groups in total. The van der Waals surface area contributed by atoms with E-state index in [1.165, 1.54) is 11.3 Å². The predicted molar refractivity (Wildman–Crippen MR) is 136 cm³/mol. The van der Waals surface area contributed by atoms with Gasteiger partial charge >= 0.3 is 0 Å². The quantitative estimate of drug-likeness (QED) is 0.377. The lowest BCUT2D eigenvalue weighted by Gasteiger charge is -2.19. The van der Waals surface area contributed by atoms with E-state index >= 15 is 0 Å². The molecule has 0 bridgehead atoms. The second-order valence-corrected chi connectivity index (χ2v) is 9.42. The summed E-state index contributed by atoms with van der Waals surface area (Å²) in [4.78, 5) is 34.3. The minimum Gasteiger partial charge on any atom is -0.356 e. The molecule has 34 heavy (non-hydrogen) atoms. The monoisotopic (exact) mass is 473 g/mol. The number of nitrogens with one attached hydrogen (secondary N) is 2. The summed E-state index contributed by atoms with van der Waals surface area (Å²) < 4.78 is 1.80. The molecule has 0 aliphatic carbocycles. The predicted octanol–water partition coefficient (Wildman–Crippen LogP) is 4.99. The van der Waals surface area contributed by atoms with Crippen molar-refractivity contribution in [1.82, 2.24) is 19.9 Å². The fraction of sp³-hybridized carbons (Fsp3) is 0.231. The smallest absolute Gasteiger partial charge is 0.253 e. The Labute approximate surface area is 202 Å². The number of hydrogen-bond acceptors (Lipinski definition) is 5. The highest BCUT2D eigenvalue weighted by molar-refractivity contribution is 7.14. The molecule has 2 amide bonds. The summed E-state index contributed by atoms with van der Waals surface area (Å²) in [6, 6.07) is 13.1. The number of carbonyl (C=O) groups excluding carboxylic acids is 2. The standard InChI is InChI=1S/C26H27N5O2S/c1-17(2)13-22(28-24(32)21-9-12-31(3)15-21)25(33)30-26-29-23(16-34-26)20-6-4-5-19(14-20)18-7-10-27-11-8-18/h4-12,14-17,22H,13H2,1-3H3,(H,28,32)(H,29,30,33). The van der Waals surface area contributed by atoms with Crippen LogP contribution in [0.15, 0.2) is 72.6 Å². The maximum Gasteiger partial charge on any atom is 0.253 e. The summed E-state index contributed by atoms with van der Waals surface area (Å²) >= 11 is 1.36. The topological polar surface area (TPSA) is 88.9 Å². The van der Waals surface area contributed by atoms with Crippen LogP contribution in [-0.4, -0.2) is 32.4 Å². The third-order valence-electron chi connectivity index (χ3n) is 5.33. The molecule has 0 spiro atoms. The van der Waals surface area contributed by atoms with Crippen molar-refractivity contribution in [3.8, 4) is 22.4 Å². The van der Waals surface area contributed by atoms with Crippen LogP contribution in [0.5, 0.6) is 0 Å². The van der Waals surface area contributed by atoms with Crippen LogP contribution in [0, 0.1) is 5.92 Å². The molecule has 0 saturated carbocycles. The van der Waals surface area contributed by atoms with Crippen LogP contribution >= 0.6 is 11.3 Å². The average Bonchev–Trinajstić information content (AvgIpc) is 3.48. The van der Waals surface area contributed by atoms with E-state index in [1.54, 1.807) is 35.4 Å². The molecule has 7 nitrogen and oxygen atoms in total. The maximum absolute atomic E-state index is 13.0. The van der Waals surface area contributed by atoms with Gasteiger partial charge in [0.1, 0.15) is 6.04 Å². The molecule has 3 heterocycles. The molecular weight excluding hydrogens is 446 g/mol. The van der Waals surface area contributed by atoms with E-state index in [0.717, 1.165) is 22.4 Å². The first-order chi connectivity index (χ1) is 16.4. The van der Waals surface area contributed by atoms with Gasteiger partial charge in [-0.05, 0) is 47.7 Å². The largest absolute Gasteiger partial charge is 0.356 e. The van der Waals surface area contributed by atoms with Crippen molar-refractivity contribution < 1.29 is 9.59 Å². The van der Waals surface area contributed by atoms with Crippen molar-refractivity contribution in [3.63, 3.8) is 0 Å². The second kappa shape index (κ2) is 10.4. The highest BCUT2D eigenvalue weighted by Gasteiger charge is 2.24. The van der Waals surface area contributed by atoms with Crippen LogP contribution in [0.25, 0.3) is 22.4 Å². The molecule has 1 atom stereocenters. The Morgan fingerprint density at radius 1 is 1.06 bits per heavy atom.